The van der Waals surface area contributed by atoms with Gasteiger partial charge in [-0.25, -0.2) is 9.36 Å². The van der Waals surface area contributed by atoms with Crippen molar-refractivity contribution in [3.05, 3.63) is 80.5 Å². The van der Waals surface area contributed by atoms with Crippen LogP contribution in [0.5, 0.6) is 0 Å². The molecule has 0 aromatic heterocycles. The van der Waals surface area contributed by atoms with Gasteiger partial charge in [0.15, 0.2) is 0 Å². The van der Waals surface area contributed by atoms with E-state index in [1.165, 1.54) is 0 Å². The minimum atomic E-state index is -4.22. The molecule has 2 aromatic rings. The Bertz CT molecular complexity index is 897. The van der Waals surface area contributed by atoms with Crippen LogP contribution in [0.3, 0.4) is 0 Å². The number of carbonyl (C=O) groups is 1. The summed E-state index contributed by atoms with van der Waals surface area (Å²) in [5.41, 5.74) is 17.6. The van der Waals surface area contributed by atoms with Crippen LogP contribution in [0.1, 0.15) is 11.1 Å². The number of carbonyl (C=O) groups excluding carboxylic acids is 1. The molecule has 0 saturated heterocycles. The quantitative estimate of drug-likeness (QED) is 0.209. The number of hydrogen-bond donors (Lipinski definition) is 0. The molecule has 0 amide bonds. The van der Waals surface area contributed by atoms with Crippen molar-refractivity contribution in [2.45, 2.75) is 13.2 Å². The number of nitrogens with zero attached hydrogens (tertiary/aromatic N) is 6. The van der Waals surface area contributed by atoms with E-state index in [1.54, 1.807) is 48.5 Å². The molecule has 0 saturated carbocycles. The molecule has 0 heterocycles. The van der Waals surface area contributed by atoms with Crippen molar-refractivity contribution in [3.63, 3.8) is 0 Å². The molecule has 28 heavy (non-hydrogen) atoms. The molecule has 2 aromatic carbocycles. The van der Waals surface area contributed by atoms with E-state index >= 15 is 0 Å². The second kappa shape index (κ2) is 10.1. The lowest BCUT2D eigenvalue weighted by Gasteiger charge is -2.16. The van der Waals surface area contributed by atoms with Crippen molar-refractivity contribution >= 4 is 24.7 Å². The van der Waals surface area contributed by atoms with Crippen LogP contribution in [0, 0.1) is 0 Å². The number of ether oxygens (including phenoxy) is 1. The van der Waals surface area contributed by atoms with Crippen LogP contribution in [0.4, 0.5) is 16.2 Å². The van der Waals surface area contributed by atoms with E-state index in [-0.39, 0.29) is 13.2 Å². The van der Waals surface area contributed by atoms with E-state index in [2.05, 4.69) is 24.8 Å². The molecular formula is C16H15N6O5P. The molecule has 0 aliphatic rings. The summed E-state index contributed by atoms with van der Waals surface area (Å²) in [6.45, 7) is -0.364. The van der Waals surface area contributed by atoms with Gasteiger partial charge in [-0.15, -0.1) is 0 Å². The summed E-state index contributed by atoms with van der Waals surface area (Å²) in [7, 11) is -3.14. The summed E-state index contributed by atoms with van der Waals surface area (Å²) in [6.07, 6.45) is 0. The SMILES string of the molecule is COC(=O)P(=O)(OCc1ccc(N=[N+]=[N-])cc1)OCc1ccc(N=[N+]=[N-])cc1. The van der Waals surface area contributed by atoms with Gasteiger partial charge in [0, 0.05) is 21.2 Å². The van der Waals surface area contributed by atoms with Crippen LogP contribution in [0.15, 0.2) is 58.8 Å². The molecule has 0 unspecified atom stereocenters. The van der Waals surface area contributed by atoms with Crippen LogP contribution in [-0.2, 0) is 31.6 Å². The molecule has 0 aliphatic carbocycles. The Kier molecular flexibility index (Phi) is 7.59. The minimum absolute atomic E-state index is 0.182. The first-order chi connectivity index (χ1) is 13.5. The number of rotatable bonds is 9. The summed E-state index contributed by atoms with van der Waals surface area (Å²) in [5, 5.41) is 6.88. The third-order valence-corrected chi connectivity index (χ3v) is 4.96. The molecule has 0 fully saturated rings. The highest BCUT2D eigenvalue weighted by molar-refractivity contribution is 7.71. The number of methoxy groups -OCH3 is 1. The fourth-order valence-electron chi connectivity index (χ4n) is 1.99. The van der Waals surface area contributed by atoms with Crippen molar-refractivity contribution in [1.29, 1.82) is 0 Å². The summed E-state index contributed by atoms with van der Waals surface area (Å²) in [4.78, 5) is 17.2. The molecule has 0 atom stereocenters. The largest absolute Gasteiger partial charge is 0.460 e. The Morgan fingerprint density at radius 3 is 1.61 bits per heavy atom. The molecule has 0 N–H and O–H groups in total. The second-order valence-electron chi connectivity index (χ2n) is 5.23. The summed E-state index contributed by atoms with van der Waals surface area (Å²) >= 11 is 0. The van der Waals surface area contributed by atoms with Gasteiger partial charge in [0.05, 0.1) is 20.3 Å². The first kappa shape index (κ1) is 21.0. The van der Waals surface area contributed by atoms with Gasteiger partial charge in [-0.1, -0.05) is 58.8 Å². The molecule has 11 nitrogen and oxygen atoms in total. The lowest BCUT2D eigenvalue weighted by molar-refractivity contribution is 0.155. The molecular weight excluding hydrogens is 387 g/mol. The topological polar surface area (TPSA) is 159 Å². The van der Waals surface area contributed by atoms with E-state index in [0.29, 0.717) is 22.5 Å². The van der Waals surface area contributed by atoms with Gasteiger partial charge in [-0.2, -0.15) is 0 Å². The Morgan fingerprint density at radius 1 is 0.893 bits per heavy atom. The van der Waals surface area contributed by atoms with Crippen molar-refractivity contribution in [2.75, 3.05) is 7.11 Å². The van der Waals surface area contributed by atoms with Crippen LogP contribution in [0.25, 0.3) is 20.9 Å². The zero-order valence-corrected chi connectivity index (χ0v) is 15.6. The molecule has 144 valence electrons. The van der Waals surface area contributed by atoms with E-state index in [9.17, 15) is 9.36 Å². The lowest BCUT2D eigenvalue weighted by atomic mass is 10.2. The zero-order valence-electron chi connectivity index (χ0n) is 14.7. The predicted molar refractivity (Wildman–Crippen MR) is 100 cm³/mol. The van der Waals surface area contributed by atoms with Gasteiger partial charge in [-0.3, -0.25) is 9.05 Å². The Hall–Kier alpha value is -3.32. The normalized spacial score (nSPS) is 12.2. The van der Waals surface area contributed by atoms with E-state index in [0.717, 1.165) is 7.11 Å². The van der Waals surface area contributed by atoms with E-state index in [1.807, 2.05) is 0 Å². The Labute approximate surface area is 159 Å². The number of azide groups is 2. The maximum absolute atomic E-state index is 12.8. The molecule has 12 heteroatoms. The third kappa shape index (κ3) is 5.85. The van der Waals surface area contributed by atoms with Crippen LogP contribution in [0.2, 0.25) is 0 Å². The van der Waals surface area contributed by atoms with Crippen LogP contribution in [-0.4, -0.2) is 12.8 Å². The Morgan fingerprint density at radius 2 is 1.29 bits per heavy atom. The highest BCUT2D eigenvalue weighted by atomic mass is 31.2. The Balaban J connectivity index is 2.05. The van der Waals surface area contributed by atoms with Gasteiger partial charge < -0.3 is 4.74 Å². The highest BCUT2D eigenvalue weighted by Crippen LogP contribution is 2.51. The average molecular weight is 402 g/mol. The van der Waals surface area contributed by atoms with Gasteiger partial charge >= 0.3 is 13.3 Å². The summed E-state index contributed by atoms with van der Waals surface area (Å²) in [6, 6.07) is 12.6. The summed E-state index contributed by atoms with van der Waals surface area (Å²) in [5.74, 6) is 0. The summed E-state index contributed by atoms with van der Waals surface area (Å²) < 4.78 is 27.8. The standard InChI is InChI=1S/C16H15N6O5P/c1-25-16(23)28(24,26-10-12-2-6-14(7-3-12)19-21-17)27-11-13-4-8-15(9-5-13)20-22-18/h2-9H,10-11H2,1H3. The fraction of sp³-hybridized carbons (Fsp3) is 0.188. The fourth-order valence-corrected chi connectivity index (χ4v) is 3.14. The lowest BCUT2D eigenvalue weighted by Crippen LogP contribution is -2.07. The monoisotopic (exact) mass is 402 g/mol. The number of hydrogen-bond acceptors (Lipinski definition) is 7. The maximum atomic E-state index is 12.8. The smallest absolute Gasteiger partial charge is 0.439 e. The van der Waals surface area contributed by atoms with Gasteiger partial charge in [0.2, 0.25) is 0 Å². The van der Waals surface area contributed by atoms with Crippen molar-refractivity contribution in [2.24, 2.45) is 10.2 Å². The van der Waals surface area contributed by atoms with Crippen molar-refractivity contribution < 1.29 is 23.1 Å². The first-order valence-electron chi connectivity index (χ1n) is 7.76. The van der Waals surface area contributed by atoms with Crippen molar-refractivity contribution in [3.8, 4) is 0 Å². The first-order valence-corrected chi connectivity index (χ1v) is 9.30. The highest BCUT2D eigenvalue weighted by Gasteiger charge is 2.36. The molecule has 0 aliphatic heterocycles. The van der Waals surface area contributed by atoms with Crippen molar-refractivity contribution in [1.82, 2.24) is 0 Å². The molecule has 0 bridgehead atoms. The van der Waals surface area contributed by atoms with E-state index < -0.39 is 13.3 Å². The van der Waals surface area contributed by atoms with Crippen LogP contribution >= 0.6 is 7.60 Å². The van der Waals surface area contributed by atoms with Gasteiger partial charge in [0.1, 0.15) is 0 Å². The number of benzene rings is 2. The molecule has 0 spiro atoms. The molecule has 2 rings (SSSR count). The van der Waals surface area contributed by atoms with Gasteiger partial charge in [-0.05, 0) is 22.2 Å². The van der Waals surface area contributed by atoms with Gasteiger partial charge in [0.25, 0.3) is 0 Å². The average Bonchev–Trinajstić information content (AvgIpc) is 2.72. The van der Waals surface area contributed by atoms with E-state index in [4.69, 9.17) is 20.1 Å². The zero-order chi connectivity index (χ0) is 20.4. The molecule has 0 radical (unpaired) electrons. The third-order valence-electron chi connectivity index (χ3n) is 3.39. The van der Waals surface area contributed by atoms with Crippen LogP contribution < -0.4 is 0 Å². The minimum Gasteiger partial charge on any atom is -0.460 e. The maximum Gasteiger partial charge on any atom is 0.439 e. The second-order valence-corrected chi connectivity index (χ2v) is 7.10. The predicted octanol–water partition coefficient (Wildman–Crippen LogP) is 6.26.